The van der Waals surface area contributed by atoms with E-state index >= 15 is 0 Å². The molecule has 0 spiro atoms. The Labute approximate surface area is 151 Å². The average Bonchev–Trinajstić information content (AvgIpc) is 3.06. The normalized spacial score (nSPS) is 13.1. The minimum Gasteiger partial charge on any atom is -0.354 e. The molecule has 25 heavy (non-hydrogen) atoms. The van der Waals surface area contributed by atoms with Crippen LogP contribution in [-0.2, 0) is 17.5 Å². The molecule has 0 aliphatic heterocycles. The molecule has 0 radical (unpaired) electrons. The summed E-state index contributed by atoms with van der Waals surface area (Å²) in [6, 6.07) is 0.536. The molecule has 1 amide bonds. The predicted molar refractivity (Wildman–Crippen MR) is 89.0 cm³/mol. The van der Waals surface area contributed by atoms with Crippen LogP contribution in [0.15, 0.2) is 16.7 Å². The van der Waals surface area contributed by atoms with E-state index in [2.05, 4.69) is 31.4 Å². The Morgan fingerprint density at radius 3 is 2.60 bits per heavy atom. The number of hydrogen-bond acceptors (Lipinski definition) is 3. The van der Waals surface area contributed by atoms with Gasteiger partial charge in [0.05, 0.1) is 16.4 Å². The van der Waals surface area contributed by atoms with Gasteiger partial charge in [0.2, 0.25) is 5.91 Å². The Hall–Kier alpha value is -1.84. The molecule has 6 nitrogen and oxygen atoms in total. The van der Waals surface area contributed by atoms with Crippen LogP contribution in [0.25, 0.3) is 0 Å². The lowest BCUT2D eigenvalue weighted by Gasteiger charge is -2.14. The van der Waals surface area contributed by atoms with Gasteiger partial charge < -0.3 is 5.32 Å². The van der Waals surface area contributed by atoms with Gasteiger partial charge in [-0.3, -0.25) is 14.2 Å². The molecule has 0 aromatic carbocycles. The Balaban J connectivity index is 1.84. The first-order chi connectivity index (χ1) is 11.6. The van der Waals surface area contributed by atoms with Crippen LogP contribution in [0.3, 0.4) is 0 Å². The highest BCUT2D eigenvalue weighted by Gasteiger charge is 2.34. The van der Waals surface area contributed by atoms with E-state index in [4.69, 9.17) is 0 Å². The summed E-state index contributed by atoms with van der Waals surface area (Å²) >= 11 is 3.34. The Morgan fingerprint density at radius 2 is 2.08 bits per heavy atom. The molecule has 2 rings (SSSR count). The van der Waals surface area contributed by atoms with Crippen molar-refractivity contribution in [2.75, 3.05) is 6.54 Å². The number of aryl methyl sites for hydroxylation is 2. The van der Waals surface area contributed by atoms with Gasteiger partial charge >= 0.3 is 6.18 Å². The highest BCUT2D eigenvalue weighted by molar-refractivity contribution is 9.10. The van der Waals surface area contributed by atoms with Crippen LogP contribution in [0.1, 0.15) is 36.5 Å². The number of nitrogens with one attached hydrogen (secondary N) is 1. The SMILES string of the molecule is Cc1cc(C(F)(F)F)nn1CCCNC(=O)C(C)n1ncc(Br)c1C. The molecule has 0 bridgehead atoms. The Morgan fingerprint density at radius 1 is 1.40 bits per heavy atom. The van der Waals surface area contributed by atoms with E-state index in [0.29, 0.717) is 25.2 Å². The molecule has 1 N–H and O–H groups in total. The minimum atomic E-state index is -4.45. The molecule has 138 valence electrons. The molecule has 1 atom stereocenters. The van der Waals surface area contributed by atoms with Gasteiger partial charge in [-0.1, -0.05) is 0 Å². The Kier molecular flexibility index (Phi) is 5.91. The average molecular weight is 422 g/mol. The summed E-state index contributed by atoms with van der Waals surface area (Å²) in [7, 11) is 0. The van der Waals surface area contributed by atoms with Crippen molar-refractivity contribution in [3.8, 4) is 0 Å². The number of aromatic nitrogens is 4. The number of carbonyl (C=O) groups excluding carboxylic acids is 1. The molecule has 0 saturated carbocycles. The second-order valence-corrected chi connectivity index (χ2v) is 6.59. The van der Waals surface area contributed by atoms with Gasteiger partial charge in [0, 0.05) is 18.8 Å². The molecule has 0 saturated heterocycles. The van der Waals surface area contributed by atoms with Gasteiger partial charge in [-0.2, -0.15) is 23.4 Å². The van der Waals surface area contributed by atoms with Crippen molar-refractivity contribution in [3.63, 3.8) is 0 Å². The van der Waals surface area contributed by atoms with Gasteiger partial charge in [-0.15, -0.1) is 0 Å². The van der Waals surface area contributed by atoms with E-state index < -0.39 is 17.9 Å². The van der Waals surface area contributed by atoms with Crippen LogP contribution in [0.4, 0.5) is 13.2 Å². The van der Waals surface area contributed by atoms with Crippen LogP contribution in [0.2, 0.25) is 0 Å². The first kappa shape index (κ1) is 19.5. The summed E-state index contributed by atoms with van der Waals surface area (Å²) in [5.41, 5.74) is 0.376. The number of nitrogens with zero attached hydrogens (tertiary/aromatic N) is 4. The third-order valence-corrected chi connectivity index (χ3v) is 4.63. The zero-order valence-electron chi connectivity index (χ0n) is 14.1. The molecule has 2 aromatic rings. The number of rotatable bonds is 6. The topological polar surface area (TPSA) is 64.7 Å². The lowest BCUT2D eigenvalue weighted by atomic mass is 10.3. The molecular formula is C15H19BrF3N5O. The van der Waals surface area contributed by atoms with E-state index in [1.807, 2.05) is 6.92 Å². The third-order valence-electron chi connectivity index (χ3n) is 3.85. The molecule has 0 aliphatic rings. The van der Waals surface area contributed by atoms with Gasteiger partial charge in [0.15, 0.2) is 5.69 Å². The fraction of sp³-hybridized carbons (Fsp3) is 0.533. The maximum absolute atomic E-state index is 12.6. The van der Waals surface area contributed by atoms with Crippen molar-refractivity contribution in [1.82, 2.24) is 24.9 Å². The van der Waals surface area contributed by atoms with E-state index in [0.717, 1.165) is 16.2 Å². The lowest BCUT2D eigenvalue weighted by molar-refractivity contribution is -0.141. The smallest absolute Gasteiger partial charge is 0.354 e. The second-order valence-electron chi connectivity index (χ2n) is 5.73. The monoisotopic (exact) mass is 421 g/mol. The molecule has 2 heterocycles. The van der Waals surface area contributed by atoms with Crippen molar-refractivity contribution in [2.24, 2.45) is 0 Å². The largest absolute Gasteiger partial charge is 0.435 e. The van der Waals surface area contributed by atoms with Crippen molar-refractivity contribution in [2.45, 2.75) is 46.0 Å². The molecule has 0 fully saturated rings. The minimum absolute atomic E-state index is 0.202. The summed E-state index contributed by atoms with van der Waals surface area (Å²) in [5.74, 6) is -0.202. The molecule has 1 unspecified atom stereocenters. The summed E-state index contributed by atoms with van der Waals surface area (Å²) in [4.78, 5) is 12.2. The maximum Gasteiger partial charge on any atom is 0.435 e. The highest BCUT2D eigenvalue weighted by atomic mass is 79.9. The van der Waals surface area contributed by atoms with E-state index in [9.17, 15) is 18.0 Å². The van der Waals surface area contributed by atoms with E-state index in [1.54, 1.807) is 24.7 Å². The quantitative estimate of drug-likeness (QED) is 0.728. The third kappa shape index (κ3) is 4.62. The highest BCUT2D eigenvalue weighted by Crippen LogP contribution is 2.28. The van der Waals surface area contributed by atoms with Gasteiger partial charge in [0.1, 0.15) is 6.04 Å². The van der Waals surface area contributed by atoms with Crippen LogP contribution in [0.5, 0.6) is 0 Å². The molecule has 2 aromatic heterocycles. The number of hydrogen-bond donors (Lipinski definition) is 1. The zero-order valence-corrected chi connectivity index (χ0v) is 15.6. The van der Waals surface area contributed by atoms with Crippen molar-refractivity contribution in [1.29, 1.82) is 0 Å². The van der Waals surface area contributed by atoms with Gasteiger partial charge in [-0.25, -0.2) is 0 Å². The maximum atomic E-state index is 12.6. The number of alkyl halides is 3. The van der Waals surface area contributed by atoms with E-state index in [1.165, 1.54) is 4.68 Å². The van der Waals surface area contributed by atoms with Crippen molar-refractivity contribution < 1.29 is 18.0 Å². The first-order valence-corrected chi connectivity index (χ1v) is 8.49. The number of amides is 1. The lowest BCUT2D eigenvalue weighted by Crippen LogP contribution is -2.33. The Bertz CT molecular complexity index is 753. The molecule has 10 heteroatoms. The van der Waals surface area contributed by atoms with Crippen LogP contribution in [0, 0.1) is 13.8 Å². The van der Waals surface area contributed by atoms with Gasteiger partial charge in [-0.05, 0) is 49.2 Å². The summed E-state index contributed by atoms with van der Waals surface area (Å²) in [6.45, 7) is 5.78. The summed E-state index contributed by atoms with van der Waals surface area (Å²) < 4.78 is 41.6. The standard InChI is InChI=1S/C15H19BrF3N5O/c1-9-7-13(15(17,18)19)22-23(9)6-4-5-20-14(25)11(3)24-10(2)12(16)8-21-24/h7-8,11H,4-6H2,1-3H3,(H,20,25). The zero-order chi connectivity index (χ0) is 18.8. The van der Waals surface area contributed by atoms with Crippen LogP contribution < -0.4 is 5.32 Å². The summed E-state index contributed by atoms with van der Waals surface area (Å²) in [5, 5.41) is 10.5. The molecule has 0 aliphatic carbocycles. The molecular weight excluding hydrogens is 403 g/mol. The van der Waals surface area contributed by atoms with Crippen LogP contribution in [-0.4, -0.2) is 32.0 Å². The number of carbonyl (C=O) groups is 1. The summed E-state index contributed by atoms with van der Waals surface area (Å²) in [6.07, 6.45) is -2.35. The predicted octanol–water partition coefficient (Wildman–Crippen LogP) is 3.25. The van der Waals surface area contributed by atoms with Crippen molar-refractivity contribution >= 4 is 21.8 Å². The fourth-order valence-electron chi connectivity index (χ4n) is 2.37. The second kappa shape index (κ2) is 7.59. The van der Waals surface area contributed by atoms with Crippen molar-refractivity contribution in [3.05, 3.63) is 33.8 Å². The van der Waals surface area contributed by atoms with Crippen LogP contribution >= 0.6 is 15.9 Å². The number of halogens is 4. The first-order valence-electron chi connectivity index (χ1n) is 7.70. The fourth-order valence-corrected chi connectivity index (χ4v) is 2.64. The van der Waals surface area contributed by atoms with E-state index in [-0.39, 0.29) is 5.91 Å². The van der Waals surface area contributed by atoms with Gasteiger partial charge in [0.25, 0.3) is 0 Å².